The van der Waals surface area contributed by atoms with Gasteiger partial charge in [0, 0.05) is 0 Å². The third kappa shape index (κ3) is 3.09. The second-order valence-electron chi connectivity index (χ2n) is 4.72. The summed E-state index contributed by atoms with van der Waals surface area (Å²) in [6, 6.07) is 13.8. The van der Waals surface area contributed by atoms with Crippen molar-refractivity contribution in [3.05, 3.63) is 58.7 Å². The van der Waals surface area contributed by atoms with Gasteiger partial charge in [0.25, 0.3) is 0 Å². The summed E-state index contributed by atoms with van der Waals surface area (Å²) in [6.07, 6.45) is 0. The molecule has 0 aromatic heterocycles. The van der Waals surface area contributed by atoms with Gasteiger partial charge in [-0.1, -0.05) is 0 Å². The molecule has 2 aromatic rings. The van der Waals surface area contributed by atoms with Gasteiger partial charge in [0.2, 0.25) is 0 Å². The van der Waals surface area contributed by atoms with Gasteiger partial charge < -0.3 is 0 Å². The van der Waals surface area contributed by atoms with Crippen LogP contribution in [0.15, 0.2) is 36.4 Å². The number of hydrogen-bond donors (Lipinski definition) is 0. The van der Waals surface area contributed by atoms with Crippen LogP contribution < -0.4 is 7.74 Å². The van der Waals surface area contributed by atoms with Gasteiger partial charge in [0.15, 0.2) is 0 Å². The molecule has 2 aromatic carbocycles. The molecule has 0 aliphatic rings. The van der Waals surface area contributed by atoms with Crippen LogP contribution >= 0.6 is 0 Å². The summed E-state index contributed by atoms with van der Waals surface area (Å²) in [5.41, 5.74) is 5.60. The van der Waals surface area contributed by atoms with Crippen LogP contribution in [0.1, 0.15) is 22.3 Å². The Balaban J connectivity index is 2.25. The molecule has 0 unspecified atom stereocenters. The fourth-order valence-electron chi connectivity index (χ4n) is 1.81. The van der Waals surface area contributed by atoms with E-state index in [1.807, 2.05) is 0 Å². The minimum absolute atomic E-state index is 0.175. The third-order valence-electron chi connectivity index (χ3n) is 3.30. The molecule has 0 bridgehead atoms. The van der Waals surface area contributed by atoms with E-state index in [2.05, 4.69) is 64.1 Å². The molecule has 0 heterocycles. The summed E-state index contributed by atoms with van der Waals surface area (Å²) < 4.78 is 3.05. The molecule has 86 valence electrons. The van der Waals surface area contributed by atoms with Gasteiger partial charge in [-0.25, -0.2) is 0 Å². The van der Waals surface area contributed by atoms with Gasteiger partial charge >= 0.3 is 113 Å². The predicted octanol–water partition coefficient (Wildman–Crippen LogP) is 2.95. The van der Waals surface area contributed by atoms with Crippen LogP contribution in [-0.4, -0.2) is 0 Å². The fraction of sp³-hybridized carbons (Fsp3) is 0.250. The first-order valence-corrected chi connectivity index (χ1v) is 7.54. The normalized spacial score (nSPS) is 10.4. The maximum atomic E-state index is 2.35. The zero-order valence-corrected chi connectivity index (χ0v) is 12.5. The van der Waals surface area contributed by atoms with Crippen LogP contribution in [-0.2, 0) is 19.2 Å². The molecular weight excluding hydrogens is 240 g/mol. The average molecular weight is 258 g/mol. The zero-order valence-electron chi connectivity index (χ0n) is 11.0. The number of benzene rings is 2. The Bertz CT molecular complexity index is 492. The third-order valence-corrected chi connectivity index (χ3v) is 5.18. The maximum absolute atomic E-state index is 2.35. The summed E-state index contributed by atoms with van der Waals surface area (Å²) in [6.45, 7) is 8.75. The van der Waals surface area contributed by atoms with Crippen molar-refractivity contribution in [2.45, 2.75) is 27.7 Å². The van der Waals surface area contributed by atoms with Gasteiger partial charge in [-0.2, -0.15) is 0 Å². The van der Waals surface area contributed by atoms with Gasteiger partial charge in [0.1, 0.15) is 0 Å². The van der Waals surface area contributed by atoms with Crippen LogP contribution in [0.2, 0.25) is 0 Å². The molecule has 0 N–H and O–H groups in total. The zero-order chi connectivity index (χ0) is 12.4. The van der Waals surface area contributed by atoms with Gasteiger partial charge in [-0.05, 0) is 0 Å². The Morgan fingerprint density at radius 1 is 0.588 bits per heavy atom. The topological polar surface area (TPSA) is 0 Å². The van der Waals surface area contributed by atoms with Crippen molar-refractivity contribution in [2.24, 2.45) is 0 Å². The summed E-state index contributed by atoms with van der Waals surface area (Å²) in [4.78, 5) is 0. The van der Waals surface area contributed by atoms with Crippen molar-refractivity contribution >= 4 is 7.74 Å². The SMILES string of the molecule is Cc1cc[c]([Ti][c]2ccc(C)c(C)c2)cc1C. The van der Waals surface area contributed by atoms with Crippen molar-refractivity contribution in [2.75, 3.05) is 0 Å². The van der Waals surface area contributed by atoms with E-state index in [-0.39, 0.29) is 19.2 Å². The Morgan fingerprint density at radius 2 is 1.00 bits per heavy atom. The molecule has 0 aliphatic heterocycles. The van der Waals surface area contributed by atoms with E-state index < -0.39 is 0 Å². The summed E-state index contributed by atoms with van der Waals surface area (Å²) >= 11 is -0.175. The molecule has 0 saturated heterocycles. The summed E-state index contributed by atoms with van der Waals surface area (Å²) in [7, 11) is 0. The molecule has 2 rings (SSSR count). The predicted molar refractivity (Wildman–Crippen MR) is 71.1 cm³/mol. The Kier molecular flexibility index (Phi) is 3.86. The monoisotopic (exact) mass is 258 g/mol. The molecule has 0 spiro atoms. The number of aryl methyl sites for hydroxylation is 4. The molecule has 0 aliphatic carbocycles. The minimum atomic E-state index is -0.175. The van der Waals surface area contributed by atoms with Gasteiger partial charge in [-0.15, -0.1) is 0 Å². The molecule has 0 radical (unpaired) electrons. The van der Waals surface area contributed by atoms with E-state index in [0.717, 1.165) is 0 Å². The summed E-state index contributed by atoms with van der Waals surface area (Å²) in [5.74, 6) is 0. The molecular formula is C16H18Ti. The Hall–Kier alpha value is -0.846. The molecule has 0 nitrogen and oxygen atoms in total. The molecule has 0 atom stereocenters. The molecule has 17 heavy (non-hydrogen) atoms. The Morgan fingerprint density at radius 3 is 1.35 bits per heavy atom. The second kappa shape index (κ2) is 5.20. The standard InChI is InChI=1S/2C8H9.Ti/c2*1-7-5-3-4-6-8(7)2;/h2*3,5-6H,1-2H3;. The molecule has 1 heteroatoms. The van der Waals surface area contributed by atoms with Gasteiger partial charge in [0.05, 0.1) is 0 Å². The van der Waals surface area contributed by atoms with E-state index in [1.54, 1.807) is 0 Å². The number of rotatable bonds is 2. The van der Waals surface area contributed by atoms with E-state index >= 15 is 0 Å². The summed E-state index contributed by atoms with van der Waals surface area (Å²) in [5, 5.41) is 0. The van der Waals surface area contributed by atoms with Crippen LogP contribution in [0.25, 0.3) is 0 Å². The fourth-order valence-corrected chi connectivity index (χ4v) is 3.75. The van der Waals surface area contributed by atoms with Crippen molar-refractivity contribution in [1.29, 1.82) is 0 Å². The van der Waals surface area contributed by atoms with Crippen LogP contribution in [0.5, 0.6) is 0 Å². The quantitative estimate of drug-likeness (QED) is 0.726. The van der Waals surface area contributed by atoms with E-state index in [0.29, 0.717) is 0 Å². The first kappa shape index (κ1) is 12.6. The van der Waals surface area contributed by atoms with Crippen molar-refractivity contribution < 1.29 is 19.2 Å². The van der Waals surface area contributed by atoms with Crippen LogP contribution in [0.4, 0.5) is 0 Å². The Labute approximate surface area is 113 Å². The first-order chi connectivity index (χ1) is 8.06. The average Bonchev–Trinajstić information content (AvgIpc) is 2.29. The van der Waals surface area contributed by atoms with E-state index in [1.165, 1.54) is 30.0 Å². The number of hydrogen-bond acceptors (Lipinski definition) is 0. The molecule has 0 saturated carbocycles. The first-order valence-electron chi connectivity index (χ1n) is 5.98. The second-order valence-corrected chi connectivity index (χ2v) is 6.92. The van der Waals surface area contributed by atoms with Gasteiger partial charge in [-0.3, -0.25) is 0 Å². The molecule has 0 amide bonds. The van der Waals surface area contributed by atoms with E-state index in [9.17, 15) is 0 Å². The van der Waals surface area contributed by atoms with E-state index in [4.69, 9.17) is 0 Å². The van der Waals surface area contributed by atoms with Crippen molar-refractivity contribution in [3.63, 3.8) is 0 Å². The van der Waals surface area contributed by atoms with Crippen LogP contribution in [0, 0.1) is 27.7 Å². The van der Waals surface area contributed by atoms with Crippen molar-refractivity contribution in [3.8, 4) is 0 Å². The van der Waals surface area contributed by atoms with Crippen molar-refractivity contribution in [1.82, 2.24) is 0 Å². The molecule has 0 fully saturated rings. The van der Waals surface area contributed by atoms with Crippen LogP contribution in [0.3, 0.4) is 0 Å².